The van der Waals surface area contributed by atoms with Crippen LogP contribution in [0, 0.1) is 18.3 Å². The average molecular weight is 263 g/mol. The normalized spacial score (nSPS) is 13.3. The van der Waals surface area contributed by atoms with Crippen LogP contribution in [0.1, 0.15) is 31.8 Å². The minimum atomic E-state index is -0.444. The van der Waals surface area contributed by atoms with Gasteiger partial charge in [-0.15, -0.1) is 0 Å². The van der Waals surface area contributed by atoms with E-state index in [2.05, 4.69) is 4.98 Å². The van der Waals surface area contributed by atoms with Crippen LogP contribution in [0.25, 0.3) is 0 Å². The van der Waals surface area contributed by atoms with Gasteiger partial charge in [0.15, 0.2) is 0 Å². The Balaban J connectivity index is 2.20. The van der Waals surface area contributed by atoms with Crippen molar-refractivity contribution in [3.05, 3.63) is 58.9 Å². The number of hydrogen-bond donors (Lipinski definition) is 0. The molecule has 0 unspecified atom stereocenters. The fourth-order valence-corrected chi connectivity index (χ4v) is 2.29. The van der Waals surface area contributed by atoms with Crippen LogP contribution in [-0.4, -0.2) is 16.8 Å². The fraction of sp³-hybridized carbons (Fsp3) is 0.0667. The molecule has 3 rings (SSSR count). The van der Waals surface area contributed by atoms with Crippen molar-refractivity contribution >= 4 is 17.5 Å². The molecule has 5 nitrogen and oxygen atoms in total. The Bertz CT molecular complexity index is 755. The van der Waals surface area contributed by atoms with Crippen molar-refractivity contribution in [1.82, 2.24) is 4.98 Å². The van der Waals surface area contributed by atoms with Gasteiger partial charge in [0, 0.05) is 12.4 Å². The van der Waals surface area contributed by atoms with E-state index in [4.69, 9.17) is 0 Å². The predicted molar refractivity (Wildman–Crippen MR) is 71.3 cm³/mol. The van der Waals surface area contributed by atoms with Crippen LogP contribution in [0.4, 0.5) is 5.69 Å². The largest absolute Gasteiger partial charge is 0.268 e. The number of carbonyl (C=O) groups is 2. The van der Waals surface area contributed by atoms with E-state index >= 15 is 0 Å². The lowest BCUT2D eigenvalue weighted by Crippen LogP contribution is -2.30. The highest BCUT2D eigenvalue weighted by Crippen LogP contribution is 2.31. The molecule has 0 saturated heterocycles. The SMILES string of the molecule is Cc1cccc(N2C(=O)c3ccncc3C2=O)c1C#N. The minimum absolute atomic E-state index is 0.267. The maximum atomic E-state index is 12.4. The lowest BCUT2D eigenvalue weighted by Gasteiger charge is -2.16. The van der Waals surface area contributed by atoms with Gasteiger partial charge in [-0.1, -0.05) is 12.1 Å². The number of hydrogen-bond acceptors (Lipinski definition) is 4. The van der Waals surface area contributed by atoms with Crippen molar-refractivity contribution in [2.45, 2.75) is 6.92 Å². The van der Waals surface area contributed by atoms with E-state index in [1.165, 1.54) is 18.5 Å². The number of nitrogens with zero attached hydrogens (tertiary/aromatic N) is 3. The van der Waals surface area contributed by atoms with Gasteiger partial charge >= 0.3 is 0 Å². The standard InChI is InChI=1S/C15H9N3O2/c1-9-3-2-4-13(11(9)7-16)18-14(19)10-5-6-17-8-12(10)15(18)20/h2-6,8H,1H3. The maximum absolute atomic E-state index is 12.4. The van der Waals surface area contributed by atoms with Crippen LogP contribution in [-0.2, 0) is 0 Å². The van der Waals surface area contributed by atoms with Crippen LogP contribution in [0.3, 0.4) is 0 Å². The number of imide groups is 1. The molecule has 0 fully saturated rings. The second-order valence-corrected chi connectivity index (χ2v) is 4.45. The van der Waals surface area contributed by atoms with Crippen LogP contribution < -0.4 is 4.90 Å². The number of benzene rings is 1. The van der Waals surface area contributed by atoms with Crippen molar-refractivity contribution in [2.24, 2.45) is 0 Å². The molecule has 96 valence electrons. The number of carbonyl (C=O) groups excluding carboxylic acids is 2. The van der Waals surface area contributed by atoms with Crippen molar-refractivity contribution in [3.63, 3.8) is 0 Å². The summed E-state index contributed by atoms with van der Waals surface area (Å²) >= 11 is 0. The molecule has 1 aliphatic rings. The Morgan fingerprint density at radius 2 is 1.90 bits per heavy atom. The summed E-state index contributed by atoms with van der Waals surface area (Å²) in [5.41, 5.74) is 1.95. The highest BCUT2D eigenvalue weighted by atomic mass is 16.2. The number of fused-ring (bicyclic) bond motifs is 1. The molecule has 0 N–H and O–H groups in total. The fourth-order valence-electron chi connectivity index (χ4n) is 2.29. The Hall–Kier alpha value is -3.00. The smallest absolute Gasteiger partial charge is 0.267 e. The third-order valence-corrected chi connectivity index (χ3v) is 3.29. The predicted octanol–water partition coefficient (Wildman–Crippen LogP) is 2.06. The number of aromatic nitrogens is 1. The summed E-state index contributed by atoms with van der Waals surface area (Å²) in [6.45, 7) is 1.77. The lowest BCUT2D eigenvalue weighted by atomic mass is 10.1. The van der Waals surface area contributed by atoms with Crippen LogP contribution in [0.15, 0.2) is 36.7 Å². The van der Waals surface area contributed by atoms with E-state index in [9.17, 15) is 14.9 Å². The quantitative estimate of drug-likeness (QED) is 0.738. The topological polar surface area (TPSA) is 74.1 Å². The van der Waals surface area contributed by atoms with Crippen molar-refractivity contribution in [1.29, 1.82) is 5.26 Å². The maximum Gasteiger partial charge on any atom is 0.267 e. The first-order valence-electron chi connectivity index (χ1n) is 5.97. The van der Waals surface area contributed by atoms with Gasteiger partial charge in [-0.25, -0.2) is 4.90 Å². The molecule has 0 bridgehead atoms. The molecule has 1 aliphatic heterocycles. The zero-order valence-corrected chi connectivity index (χ0v) is 10.6. The monoisotopic (exact) mass is 263 g/mol. The third kappa shape index (κ3) is 1.52. The molecule has 0 saturated carbocycles. The second kappa shape index (κ2) is 4.28. The Morgan fingerprint density at radius 1 is 1.15 bits per heavy atom. The average Bonchev–Trinajstić information content (AvgIpc) is 2.71. The number of anilines is 1. The highest BCUT2D eigenvalue weighted by Gasteiger charge is 2.37. The summed E-state index contributed by atoms with van der Waals surface area (Å²) in [6, 6.07) is 8.64. The number of aryl methyl sites for hydroxylation is 1. The molecule has 1 aromatic heterocycles. The summed E-state index contributed by atoms with van der Waals surface area (Å²) < 4.78 is 0. The first-order valence-corrected chi connectivity index (χ1v) is 5.97. The molecule has 5 heteroatoms. The van der Waals surface area contributed by atoms with Gasteiger partial charge in [0.25, 0.3) is 11.8 Å². The van der Waals surface area contributed by atoms with Crippen LogP contribution in [0.2, 0.25) is 0 Å². The van der Waals surface area contributed by atoms with E-state index < -0.39 is 11.8 Å². The molecule has 20 heavy (non-hydrogen) atoms. The molecular weight excluding hydrogens is 254 g/mol. The molecule has 0 atom stereocenters. The summed E-state index contributed by atoms with van der Waals surface area (Å²) in [7, 11) is 0. The number of amides is 2. The van der Waals surface area contributed by atoms with Gasteiger partial charge in [-0.05, 0) is 24.6 Å². The number of pyridine rings is 1. The molecule has 2 heterocycles. The summed E-state index contributed by atoms with van der Waals surface area (Å²) in [5.74, 6) is -0.866. The van der Waals surface area contributed by atoms with Gasteiger partial charge in [0.2, 0.25) is 0 Å². The van der Waals surface area contributed by atoms with E-state index in [1.54, 1.807) is 25.1 Å². The first-order chi connectivity index (χ1) is 9.65. The summed E-state index contributed by atoms with van der Waals surface area (Å²) in [4.78, 5) is 29.6. The van der Waals surface area contributed by atoms with Crippen molar-refractivity contribution < 1.29 is 9.59 Å². The van der Waals surface area contributed by atoms with Crippen molar-refractivity contribution in [2.75, 3.05) is 4.90 Å². The van der Waals surface area contributed by atoms with Gasteiger partial charge in [-0.2, -0.15) is 5.26 Å². The van der Waals surface area contributed by atoms with Gasteiger partial charge < -0.3 is 0 Å². The van der Waals surface area contributed by atoms with E-state index in [0.717, 1.165) is 10.5 Å². The molecule has 2 amide bonds. The van der Waals surface area contributed by atoms with E-state index in [0.29, 0.717) is 16.8 Å². The molecule has 1 aromatic carbocycles. The third-order valence-electron chi connectivity index (χ3n) is 3.29. The molecule has 0 spiro atoms. The lowest BCUT2D eigenvalue weighted by molar-refractivity contribution is 0.0926. The van der Waals surface area contributed by atoms with E-state index in [-0.39, 0.29) is 5.56 Å². The van der Waals surface area contributed by atoms with Gasteiger partial charge in [0.1, 0.15) is 6.07 Å². The van der Waals surface area contributed by atoms with Crippen LogP contribution in [0.5, 0.6) is 0 Å². The van der Waals surface area contributed by atoms with E-state index in [1.807, 2.05) is 6.07 Å². The Labute approximate surface area is 115 Å². The van der Waals surface area contributed by atoms with Crippen LogP contribution >= 0.6 is 0 Å². The summed E-state index contributed by atoms with van der Waals surface area (Å²) in [6.07, 6.45) is 2.84. The molecule has 0 radical (unpaired) electrons. The zero-order valence-electron chi connectivity index (χ0n) is 10.6. The Morgan fingerprint density at radius 3 is 2.60 bits per heavy atom. The van der Waals surface area contributed by atoms with Gasteiger partial charge in [-0.3, -0.25) is 14.6 Å². The first kappa shape index (κ1) is 12.1. The summed E-state index contributed by atoms with van der Waals surface area (Å²) in [5, 5.41) is 9.24. The Kier molecular flexibility index (Phi) is 2.58. The number of rotatable bonds is 1. The zero-order chi connectivity index (χ0) is 14.3. The molecular formula is C15H9N3O2. The molecule has 2 aromatic rings. The van der Waals surface area contributed by atoms with Crippen molar-refractivity contribution in [3.8, 4) is 6.07 Å². The minimum Gasteiger partial charge on any atom is -0.268 e. The van der Waals surface area contributed by atoms with Gasteiger partial charge in [0.05, 0.1) is 22.4 Å². The molecule has 0 aliphatic carbocycles. The highest BCUT2D eigenvalue weighted by molar-refractivity contribution is 6.34. The second-order valence-electron chi connectivity index (χ2n) is 4.45. The number of nitriles is 1.